The smallest absolute Gasteiger partial charge is 0.132 e. The van der Waals surface area contributed by atoms with Gasteiger partial charge in [0.25, 0.3) is 0 Å². The number of nitrogens with zero attached hydrogens (tertiary/aromatic N) is 1. The van der Waals surface area contributed by atoms with Crippen molar-refractivity contribution in [1.29, 1.82) is 0 Å². The van der Waals surface area contributed by atoms with Crippen LogP contribution >= 0.6 is 11.3 Å². The molecule has 1 aliphatic carbocycles. The van der Waals surface area contributed by atoms with Crippen LogP contribution in [0.5, 0.6) is 0 Å². The summed E-state index contributed by atoms with van der Waals surface area (Å²) >= 11 is 1.71. The van der Waals surface area contributed by atoms with Crippen molar-refractivity contribution in [2.24, 2.45) is 11.1 Å². The molecular formula is C13H20N2O2S. The monoisotopic (exact) mass is 268 g/mol. The van der Waals surface area contributed by atoms with Crippen LogP contribution in [0.1, 0.15) is 48.0 Å². The Hall–Kier alpha value is -0.490. The minimum Gasteiger partial charge on any atom is -0.376 e. The second-order valence-corrected chi connectivity index (χ2v) is 7.01. The maximum atomic E-state index is 6.26. The first-order valence-corrected chi connectivity index (χ1v) is 7.31. The van der Waals surface area contributed by atoms with Gasteiger partial charge in [0, 0.05) is 10.9 Å². The van der Waals surface area contributed by atoms with Gasteiger partial charge in [0.15, 0.2) is 0 Å². The molecule has 5 heteroatoms. The van der Waals surface area contributed by atoms with E-state index in [9.17, 15) is 0 Å². The van der Waals surface area contributed by atoms with Crippen molar-refractivity contribution in [3.63, 3.8) is 0 Å². The second kappa shape index (κ2) is 4.56. The van der Waals surface area contributed by atoms with E-state index in [1.807, 2.05) is 0 Å². The molecule has 1 aromatic heterocycles. The van der Waals surface area contributed by atoms with E-state index in [1.165, 1.54) is 10.6 Å². The van der Waals surface area contributed by atoms with Crippen molar-refractivity contribution in [2.45, 2.75) is 38.8 Å². The number of thiazole rings is 1. The van der Waals surface area contributed by atoms with Crippen molar-refractivity contribution in [3.8, 4) is 0 Å². The van der Waals surface area contributed by atoms with Crippen molar-refractivity contribution in [2.75, 3.05) is 19.8 Å². The molecule has 1 aromatic rings. The third-order valence-electron chi connectivity index (χ3n) is 3.59. The molecule has 3 rings (SSSR count). The van der Waals surface area contributed by atoms with E-state index in [-0.39, 0.29) is 17.6 Å². The largest absolute Gasteiger partial charge is 0.376 e. The summed E-state index contributed by atoms with van der Waals surface area (Å²) in [7, 11) is 0. The summed E-state index contributed by atoms with van der Waals surface area (Å²) in [5, 5.41) is 1.04. The molecule has 1 fully saturated rings. The van der Waals surface area contributed by atoms with Crippen molar-refractivity contribution >= 4 is 11.3 Å². The summed E-state index contributed by atoms with van der Waals surface area (Å²) < 4.78 is 11.2. The first-order valence-electron chi connectivity index (χ1n) is 6.50. The third kappa shape index (κ3) is 2.32. The zero-order chi connectivity index (χ0) is 12.8. The molecule has 2 N–H and O–H groups in total. The fraction of sp³-hybridized carbons (Fsp3) is 0.769. The van der Waals surface area contributed by atoms with Gasteiger partial charge in [-0.25, -0.2) is 4.98 Å². The van der Waals surface area contributed by atoms with Gasteiger partial charge in [0.2, 0.25) is 0 Å². The van der Waals surface area contributed by atoms with Crippen LogP contribution in [0.25, 0.3) is 0 Å². The number of hydrogen-bond acceptors (Lipinski definition) is 5. The van der Waals surface area contributed by atoms with Gasteiger partial charge in [0.1, 0.15) is 11.1 Å². The zero-order valence-electron chi connectivity index (χ0n) is 10.9. The van der Waals surface area contributed by atoms with Crippen LogP contribution < -0.4 is 5.73 Å². The highest BCUT2D eigenvalue weighted by Gasteiger charge is 2.34. The van der Waals surface area contributed by atoms with Crippen molar-refractivity contribution in [1.82, 2.24) is 4.98 Å². The molecule has 1 aliphatic heterocycles. The Morgan fingerprint density at radius 1 is 1.39 bits per heavy atom. The molecule has 2 aliphatic rings. The molecule has 0 saturated carbocycles. The van der Waals surface area contributed by atoms with Crippen molar-refractivity contribution in [3.05, 3.63) is 15.6 Å². The van der Waals surface area contributed by atoms with Crippen LogP contribution in [-0.4, -0.2) is 24.8 Å². The minimum absolute atomic E-state index is 0.00432. The molecule has 0 bridgehead atoms. The van der Waals surface area contributed by atoms with Gasteiger partial charge < -0.3 is 15.2 Å². The number of nitrogens with two attached hydrogens (primary N) is 1. The maximum absolute atomic E-state index is 6.26. The summed E-state index contributed by atoms with van der Waals surface area (Å²) in [5.41, 5.74) is 7.69. The lowest BCUT2D eigenvalue weighted by Gasteiger charge is -2.32. The average molecular weight is 268 g/mol. The van der Waals surface area contributed by atoms with E-state index in [1.54, 1.807) is 11.3 Å². The molecule has 1 saturated heterocycles. The van der Waals surface area contributed by atoms with Crippen LogP contribution in [0, 0.1) is 5.41 Å². The molecule has 2 atom stereocenters. The van der Waals surface area contributed by atoms with Crippen LogP contribution in [0.4, 0.5) is 0 Å². The molecule has 18 heavy (non-hydrogen) atoms. The standard InChI is InChI=1S/C13H20N2O2S/c1-13(2)5-8(14)11-9(6-13)15-12(18-11)10-7-16-3-4-17-10/h8,10H,3-7,14H2,1-2H3. The van der Waals surface area contributed by atoms with Gasteiger partial charge in [0.05, 0.1) is 25.5 Å². The molecule has 100 valence electrons. The highest BCUT2D eigenvalue weighted by Crippen LogP contribution is 2.43. The summed E-state index contributed by atoms with van der Waals surface area (Å²) in [6.45, 7) is 6.48. The lowest BCUT2D eigenvalue weighted by Crippen LogP contribution is -2.28. The molecule has 0 amide bonds. The average Bonchev–Trinajstić information content (AvgIpc) is 2.72. The van der Waals surface area contributed by atoms with E-state index < -0.39 is 0 Å². The Morgan fingerprint density at radius 2 is 2.22 bits per heavy atom. The highest BCUT2D eigenvalue weighted by molar-refractivity contribution is 7.11. The Labute approximate surface area is 111 Å². The Kier molecular flexibility index (Phi) is 3.18. The van der Waals surface area contributed by atoms with Gasteiger partial charge in [-0.15, -0.1) is 11.3 Å². The maximum Gasteiger partial charge on any atom is 0.132 e. The number of fused-ring (bicyclic) bond motifs is 1. The molecule has 0 radical (unpaired) electrons. The SMILES string of the molecule is CC1(C)Cc2nc(C3COCCO3)sc2C(N)C1. The lowest BCUT2D eigenvalue weighted by atomic mass is 9.77. The Bertz CT molecular complexity index is 438. The normalized spacial score (nSPS) is 31.1. The van der Waals surface area contributed by atoms with E-state index >= 15 is 0 Å². The number of aromatic nitrogens is 1. The third-order valence-corrected chi connectivity index (χ3v) is 4.91. The van der Waals surface area contributed by atoms with Crippen LogP contribution in [0.2, 0.25) is 0 Å². The molecule has 4 nitrogen and oxygen atoms in total. The first-order chi connectivity index (χ1) is 8.55. The predicted molar refractivity (Wildman–Crippen MR) is 70.7 cm³/mol. The summed E-state index contributed by atoms with van der Waals surface area (Å²) in [4.78, 5) is 6.00. The fourth-order valence-corrected chi connectivity index (χ4v) is 3.90. The van der Waals surface area contributed by atoms with Crippen LogP contribution in [-0.2, 0) is 15.9 Å². The fourth-order valence-electron chi connectivity index (χ4n) is 2.78. The van der Waals surface area contributed by atoms with Crippen LogP contribution in [0.15, 0.2) is 0 Å². The van der Waals surface area contributed by atoms with E-state index in [0.717, 1.165) is 17.8 Å². The molecule has 0 spiro atoms. The molecular weight excluding hydrogens is 248 g/mol. The van der Waals surface area contributed by atoms with Gasteiger partial charge in [-0.05, 0) is 18.3 Å². The number of rotatable bonds is 1. The Balaban J connectivity index is 1.87. The summed E-state index contributed by atoms with van der Waals surface area (Å²) in [6.07, 6.45) is 2.05. The predicted octanol–water partition coefficient (Wildman–Crippen LogP) is 2.20. The van der Waals surface area contributed by atoms with Gasteiger partial charge >= 0.3 is 0 Å². The van der Waals surface area contributed by atoms with E-state index in [0.29, 0.717) is 19.8 Å². The molecule has 2 heterocycles. The number of hydrogen-bond donors (Lipinski definition) is 1. The molecule has 2 unspecified atom stereocenters. The van der Waals surface area contributed by atoms with Crippen LogP contribution in [0.3, 0.4) is 0 Å². The van der Waals surface area contributed by atoms with Gasteiger partial charge in [-0.3, -0.25) is 0 Å². The number of ether oxygens (including phenoxy) is 2. The zero-order valence-corrected chi connectivity index (χ0v) is 11.8. The highest BCUT2D eigenvalue weighted by atomic mass is 32.1. The minimum atomic E-state index is 0.00432. The summed E-state index contributed by atoms with van der Waals surface area (Å²) in [5.74, 6) is 0. The first kappa shape index (κ1) is 12.5. The second-order valence-electron chi connectivity index (χ2n) is 5.95. The topological polar surface area (TPSA) is 57.4 Å². The quantitative estimate of drug-likeness (QED) is 0.848. The summed E-state index contributed by atoms with van der Waals surface area (Å²) in [6, 6.07) is 0.125. The molecule has 0 aromatic carbocycles. The lowest BCUT2D eigenvalue weighted by molar-refractivity contribution is -0.0902. The Morgan fingerprint density at radius 3 is 2.94 bits per heavy atom. The van der Waals surface area contributed by atoms with E-state index in [4.69, 9.17) is 20.2 Å². The van der Waals surface area contributed by atoms with Crippen molar-refractivity contribution < 1.29 is 9.47 Å². The van der Waals surface area contributed by atoms with Gasteiger partial charge in [-0.1, -0.05) is 13.8 Å². The van der Waals surface area contributed by atoms with Gasteiger partial charge in [-0.2, -0.15) is 0 Å². The van der Waals surface area contributed by atoms with E-state index in [2.05, 4.69) is 13.8 Å².